The van der Waals surface area contributed by atoms with Crippen molar-refractivity contribution in [3.8, 4) is 0 Å². The Labute approximate surface area is 154 Å². The Kier molecular flexibility index (Phi) is 9.36. The predicted octanol–water partition coefficient (Wildman–Crippen LogP) is 1.91. The molecule has 0 aliphatic heterocycles. The molecule has 23 heavy (non-hydrogen) atoms. The summed E-state index contributed by atoms with van der Waals surface area (Å²) in [4.78, 5) is 23.1. The Morgan fingerprint density at radius 2 is 1.39 bits per heavy atom. The number of ether oxygens (including phenoxy) is 2. The maximum Gasteiger partial charge on any atom is 2.00 e. The van der Waals surface area contributed by atoms with Crippen LogP contribution in [0, 0.1) is 0 Å². The van der Waals surface area contributed by atoms with E-state index in [-0.39, 0.29) is 50.2 Å². The van der Waals surface area contributed by atoms with Gasteiger partial charge in [0.2, 0.25) is 0 Å². The SMILES string of the molecule is CCCOC(=O)c1cc(C(=O)OCCC)cc(S(=O)(=O)O)c1.[H-].[H-].[Mg+2]. The Balaban J connectivity index is -0.00000161. The van der Waals surface area contributed by atoms with Gasteiger partial charge in [0.25, 0.3) is 10.1 Å². The smallest absolute Gasteiger partial charge is 1.00 e. The molecule has 0 amide bonds. The van der Waals surface area contributed by atoms with Crippen molar-refractivity contribution in [3.63, 3.8) is 0 Å². The summed E-state index contributed by atoms with van der Waals surface area (Å²) in [7, 11) is -4.57. The molecular formula is C14H20MgO7S. The quantitative estimate of drug-likeness (QED) is 0.451. The van der Waals surface area contributed by atoms with E-state index in [1.54, 1.807) is 13.8 Å². The van der Waals surface area contributed by atoms with Gasteiger partial charge in [-0.2, -0.15) is 8.42 Å². The minimum Gasteiger partial charge on any atom is -1.00 e. The molecule has 0 fully saturated rings. The number of esters is 2. The van der Waals surface area contributed by atoms with E-state index in [0.29, 0.717) is 12.8 Å². The maximum atomic E-state index is 11.8. The van der Waals surface area contributed by atoms with Gasteiger partial charge in [-0.3, -0.25) is 4.55 Å². The summed E-state index contributed by atoms with van der Waals surface area (Å²) >= 11 is 0. The van der Waals surface area contributed by atoms with E-state index in [1.165, 1.54) is 6.07 Å². The standard InChI is InChI=1S/C14H18O7S.Mg.2H/c1-3-5-20-13(15)10-7-11(14(16)21-6-4-2)9-12(8-10)22(17,18)19;;;/h7-9H,3-6H2,1-2H3,(H,17,18,19);;;/q;+2;2*-1. The van der Waals surface area contributed by atoms with E-state index in [2.05, 4.69) is 0 Å². The molecule has 7 nitrogen and oxygen atoms in total. The largest absolute Gasteiger partial charge is 2.00 e. The number of hydrogen-bond donors (Lipinski definition) is 1. The third-order valence-electron chi connectivity index (χ3n) is 2.55. The van der Waals surface area contributed by atoms with Crippen molar-refractivity contribution in [1.82, 2.24) is 0 Å². The first-order valence-electron chi connectivity index (χ1n) is 6.76. The fourth-order valence-electron chi connectivity index (χ4n) is 1.54. The van der Waals surface area contributed by atoms with Crippen LogP contribution in [0.4, 0.5) is 0 Å². The Morgan fingerprint density at radius 3 is 1.70 bits per heavy atom. The number of hydrogen-bond acceptors (Lipinski definition) is 6. The van der Waals surface area contributed by atoms with E-state index in [9.17, 15) is 18.0 Å². The molecule has 1 N–H and O–H groups in total. The van der Waals surface area contributed by atoms with Crippen LogP contribution >= 0.6 is 0 Å². The molecule has 1 rings (SSSR count). The molecule has 0 bridgehead atoms. The van der Waals surface area contributed by atoms with Crippen LogP contribution < -0.4 is 0 Å². The van der Waals surface area contributed by atoms with Crippen molar-refractivity contribution in [2.45, 2.75) is 31.6 Å². The summed E-state index contributed by atoms with van der Waals surface area (Å²) in [6.45, 7) is 3.92. The van der Waals surface area contributed by atoms with E-state index < -0.39 is 27.0 Å². The van der Waals surface area contributed by atoms with Crippen LogP contribution in [0.15, 0.2) is 23.1 Å². The molecular weight excluding hydrogens is 337 g/mol. The minimum absolute atomic E-state index is 0. The zero-order valence-corrected chi connectivity index (χ0v) is 15.3. The average Bonchev–Trinajstić information content (AvgIpc) is 2.48. The van der Waals surface area contributed by atoms with Crippen LogP contribution in [0.3, 0.4) is 0 Å². The van der Waals surface area contributed by atoms with Gasteiger partial charge in [0.1, 0.15) is 0 Å². The van der Waals surface area contributed by atoms with Crippen molar-refractivity contribution >= 4 is 45.1 Å². The van der Waals surface area contributed by atoms with Crippen molar-refractivity contribution in [2.75, 3.05) is 13.2 Å². The Hall–Kier alpha value is -1.16. The van der Waals surface area contributed by atoms with Crippen molar-refractivity contribution in [1.29, 1.82) is 0 Å². The van der Waals surface area contributed by atoms with E-state index in [0.717, 1.165) is 12.1 Å². The van der Waals surface area contributed by atoms with Crippen molar-refractivity contribution in [2.24, 2.45) is 0 Å². The summed E-state index contributed by atoms with van der Waals surface area (Å²) in [5.41, 5.74) is -0.293. The van der Waals surface area contributed by atoms with Gasteiger partial charge in [-0.15, -0.1) is 0 Å². The summed E-state index contributed by atoms with van der Waals surface area (Å²) in [5.74, 6) is -1.56. The summed E-state index contributed by atoms with van der Waals surface area (Å²) in [5, 5.41) is 0. The molecule has 1 aromatic carbocycles. The van der Waals surface area contributed by atoms with Crippen LogP contribution in [-0.4, -0.2) is 61.2 Å². The van der Waals surface area contributed by atoms with Gasteiger partial charge in [0.05, 0.1) is 29.2 Å². The molecule has 0 saturated heterocycles. The second-order valence-corrected chi connectivity index (χ2v) is 5.91. The normalized spacial score (nSPS) is 10.6. The number of carbonyl (C=O) groups excluding carboxylic acids is 2. The molecule has 0 aliphatic rings. The molecule has 0 unspecified atom stereocenters. The minimum atomic E-state index is -4.57. The Bertz CT molecular complexity index is 627. The van der Waals surface area contributed by atoms with Gasteiger partial charge < -0.3 is 12.3 Å². The first-order valence-corrected chi connectivity index (χ1v) is 8.20. The maximum absolute atomic E-state index is 11.8. The average molecular weight is 357 g/mol. The number of rotatable bonds is 7. The van der Waals surface area contributed by atoms with Gasteiger partial charge >= 0.3 is 35.0 Å². The molecule has 0 saturated carbocycles. The number of benzene rings is 1. The van der Waals surface area contributed by atoms with Crippen LogP contribution in [0.5, 0.6) is 0 Å². The molecule has 1 aromatic rings. The zero-order chi connectivity index (χ0) is 16.8. The van der Waals surface area contributed by atoms with Crippen LogP contribution in [-0.2, 0) is 19.6 Å². The fraction of sp³-hybridized carbons (Fsp3) is 0.429. The molecule has 0 aliphatic carbocycles. The number of carbonyl (C=O) groups is 2. The predicted molar refractivity (Wildman–Crippen MR) is 85.4 cm³/mol. The monoisotopic (exact) mass is 356 g/mol. The molecule has 0 spiro atoms. The van der Waals surface area contributed by atoms with Crippen LogP contribution in [0.2, 0.25) is 0 Å². The van der Waals surface area contributed by atoms with E-state index in [1.807, 2.05) is 0 Å². The van der Waals surface area contributed by atoms with Gasteiger partial charge in [0.15, 0.2) is 0 Å². The van der Waals surface area contributed by atoms with Crippen LogP contribution in [0.25, 0.3) is 0 Å². The van der Waals surface area contributed by atoms with Crippen molar-refractivity contribution < 1.29 is 34.9 Å². The van der Waals surface area contributed by atoms with Crippen LogP contribution in [0.1, 0.15) is 50.3 Å². The van der Waals surface area contributed by atoms with E-state index >= 15 is 0 Å². The van der Waals surface area contributed by atoms with Crippen molar-refractivity contribution in [3.05, 3.63) is 29.3 Å². The zero-order valence-electron chi connectivity index (χ0n) is 15.1. The second-order valence-electron chi connectivity index (χ2n) is 4.49. The fourth-order valence-corrected chi connectivity index (χ4v) is 2.09. The van der Waals surface area contributed by atoms with E-state index in [4.69, 9.17) is 14.0 Å². The van der Waals surface area contributed by atoms with Gasteiger partial charge in [0, 0.05) is 0 Å². The molecule has 126 valence electrons. The Morgan fingerprint density at radius 1 is 1.00 bits per heavy atom. The third kappa shape index (κ3) is 6.86. The topological polar surface area (TPSA) is 107 Å². The van der Waals surface area contributed by atoms with Gasteiger partial charge in [-0.05, 0) is 31.0 Å². The first kappa shape index (κ1) is 21.8. The first-order chi connectivity index (χ1) is 10.3. The third-order valence-corrected chi connectivity index (χ3v) is 3.38. The van der Waals surface area contributed by atoms with Gasteiger partial charge in [-0.25, -0.2) is 9.59 Å². The molecule has 0 radical (unpaired) electrons. The summed E-state index contributed by atoms with van der Waals surface area (Å²) < 4.78 is 41.4. The molecule has 0 aromatic heterocycles. The molecule has 0 heterocycles. The molecule has 0 atom stereocenters. The second kappa shape index (κ2) is 9.86. The molecule has 9 heteroatoms. The summed E-state index contributed by atoms with van der Waals surface area (Å²) in [6, 6.07) is 3.07. The van der Waals surface area contributed by atoms with Gasteiger partial charge in [-0.1, -0.05) is 13.8 Å². The summed E-state index contributed by atoms with van der Waals surface area (Å²) in [6.07, 6.45) is 1.18.